The van der Waals surface area contributed by atoms with Crippen LogP contribution < -0.4 is 5.32 Å². The Morgan fingerprint density at radius 1 is 1.33 bits per heavy atom. The van der Waals surface area contributed by atoms with Crippen LogP contribution in [0, 0.1) is 5.92 Å². The van der Waals surface area contributed by atoms with Crippen molar-refractivity contribution in [2.75, 3.05) is 19.8 Å². The molecule has 0 spiro atoms. The number of amides is 1. The van der Waals surface area contributed by atoms with Crippen molar-refractivity contribution in [2.24, 2.45) is 5.92 Å². The van der Waals surface area contributed by atoms with E-state index in [0.29, 0.717) is 31.7 Å². The Bertz CT molecular complexity index is 568. The molecule has 1 aromatic rings. The van der Waals surface area contributed by atoms with Gasteiger partial charge in [-0.25, -0.2) is 0 Å². The molecule has 0 saturated carbocycles. The van der Waals surface area contributed by atoms with Gasteiger partial charge in [0.05, 0.1) is 25.2 Å². The molecule has 4 nitrogen and oxygen atoms in total. The lowest BCUT2D eigenvalue weighted by molar-refractivity contribution is -0.154. The van der Waals surface area contributed by atoms with Crippen molar-refractivity contribution < 1.29 is 27.4 Å². The molecule has 1 saturated heterocycles. The first kappa shape index (κ1) is 18.7. The van der Waals surface area contributed by atoms with Crippen molar-refractivity contribution in [3.63, 3.8) is 0 Å². The van der Waals surface area contributed by atoms with Gasteiger partial charge in [0, 0.05) is 13.0 Å². The Kier molecular flexibility index (Phi) is 5.87. The molecule has 1 aromatic carbocycles. The maximum Gasteiger partial charge on any atom is 0.416 e. The molecular weight excluding hydrogens is 323 g/mol. The predicted molar refractivity (Wildman–Crippen MR) is 82.2 cm³/mol. The Hall–Kier alpha value is -1.60. The zero-order valence-corrected chi connectivity index (χ0v) is 13.8. The zero-order chi connectivity index (χ0) is 17.8. The molecule has 134 valence electrons. The third-order valence-electron chi connectivity index (χ3n) is 3.88. The van der Waals surface area contributed by atoms with E-state index in [4.69, 9.17) is 9.47 Å². The van der Waals surface area contributed by atoms with Crippen molar-refractivity contribution in [3.05, 3.63) is 35.4 Å². The zero-order valence-electron chi connectivity index (χ0n) is 13.8. The number of carbonyl (C=O) groups excluding carboxylic acids is 1. The summed E-state index contributed by atoms with van der Waals surface area (Å²) in [5.41, 5.74) is -0.408. The van der Waals surface area contributed by atoms with Gasteiger partial charge in [-0.05, 0) is 24.5 Å². The van der Waals surface area contributed by atoms with E-state index in [1.165, 1.54) is 12.1 Å². The molecule has 2 rings (SSSR count). The molecule has 1 N–H and O–H groups in total. The van der Waals surface area contributed by atoms with Gasteiger partial charge in [0.2, 0.25) is 5.91 Å². The van der Waals surface area contributed by atoms with E-state index >= 15 is 0 Å². The summed E-state index contributed by atoms with van der Waals surface area (Å²) >= 11 is 0. The highest BCUT2D eigenvalue weighted by Crippen LogP contribution is 2.29. The highest BCUT2D eigenvalue weighted by molar-refractivity contribution is 5.78. The highest BCUT2D eigenvalue weighted by Gasteiger charge is 2.33. The van der Waals surface area contributed by atoms with Gasteiger partial charge in [-0.15, -0.1) is 0 Å². The van der Waals surface area contributed by atoms with Gasteiger partial charge in [-0.3, -0.25) is 4.79 Å². The van der Waals surface area contributed by atoms with Crippen LogP contribution in [0.3, 0.4) is 0 Å². The van der Waals surface area contributed by atoms with E-state index in [9.17, 15) is 18.0 Å². The van der Waals surface area contributed by atoms with Crippen molar-refractivity contribution in [1.29, 1.82) is 0 Å². The topological polar surface area (TPSA) is 47.6 Å². The largest absolute Gasteiger partial charge is 0.416 e. The first-order valence-electron chi connectivity index (χ1n) is 7.89. The molecule has 1 aliphatic heterocycles. The molecule has 1 heterocycles. The Morgan fingerprint density at radius 2 is 2.00 bits per heavy atom. The van der Waals surface area contributed by atoms with Crippen molar-refractivity contribution in [1.82, 2.24) is 5.32 Å². The SMILES string of the molecule is C[C@H](CNC(=O)Cc1cccc(C(F)(F)F)c1)CC1(C)OCCO1. The molecule has 1 fully saturated rings. The number of alkyl halides is 3. The van der Waals surface area contributed by atoms with E-state index in [0.717, 1.165) is 12.1 Å². The fourth-order valence-corrected chi connectivity index (χ4v) is 2.77. The summed E-state index contributed by atoms with van der Waals surface area (Å²) in [5, 5.41) is 2.75. The number of halogens is 3. The van der Waals surface area contributed by atoms with Gasteiger partial charge >= 0.3 is 6.18 Å². The number of carbonyl (C=O) groups is 1. The van der Waals surface area contributed by atoms with Gasteiger partial charge in [-0.1, -0.05) is 25.1 Å². The average Bonchev–Trinajstić information content (AvgIpc) is 2.91. The number of rotatable bonds is 6. The predicted octanol–water partition coefficient (Wildman–Crippen LogP) is 3.15. The van der Waals surface area contributed by atoms with Crippen LogP contribution in [0.5, 0.6) is 0 Å². The standard InChI is InChI=1S/C17H22F3NO3/c1-12(10-16(2)23-6-7-24-16)11-21-15(22)9-13-4-3-5-14(8-13)17(18,19)20/h3-5,8,12H,6-7,9-11H2,1-2H3,(H,21,22)/t12-/m0/s1. The van der Waals surface area contributed by atoms with Crippen LogP contribution in [0.4, 0.5) is 13.2 Å². The number of nitrogens with one attached hydrogen (secondary N) is 1. The first-order valence-corrected chi connectivity index (χ1v) is 7.89. The second kappa shape index (κ2) is 7.53. The summed E-state index contributed by atoms with van der Waals surface area (Å²) < 4.78 is 49.0. The van der Waals surface area contributed by atoms with E-state index in [-0.39, 0.29) is 18.2 Å². The van der Waals surface area contributed by atoms with Gasteiger partial charge in [0.25, 0.3) is 0 Å². The second-order valence-electron chi connectivity index (χ2n) is 6.32. The summed E-state index contributed by atoms with van der Waals surface area (Å²) in [5.74, 6) is -0.802. The molecule has 0 radical (unpaired) electrons. The van der Waals surface area contributed by atoms with Crippen LogP contribution in [-0.2, 0) is 26.9 Å². The third-order valence-corrected chi connectivity index (χ3v) is 3.88. The van der Waals surface area contributed by atoms with Crippen molar-refractivity contribution in [2.45, 2.75) is 38.7 Å². The van der Waals surface area contributed by atoms with Gasteiger partial charge < -0.3 is 14.8 Å². The highest BCUT2D eigenvalue weighted by atomic mass is 19.4. The van der Waals surface area contributed by atoms with Crippen molar-refractivity contribution >= 4 is 5.91 Å². The lowest BCUT2D eigenvalue weighted by Gasteiger charge is -2.26. The minimum Gasteiger partial charge on any atom is -0.356 e. The number of hydrogen-bond donors (Lipinski definition) is 1. The molecule has 0 aromatic heterocycles. The van der Waals surface area contributed by atoms with Gasteiger partial charge in [0.15, 0.2) is 5.79 Å². The van der Waals surface area contributed by atoms with Crippen molar-refractivity contribution in [3.8, 4) is 0 Å². The first-order chi connectivity index (χ1) is 11.2. The lowest BCUT2D eigenvalue weighted by Crippen LogP contribution is -2.35. The normalized spacial score (nSPS) is 18.4. The van der Waals surface area contributed by atoms with Crippen LogP contribution in [0.15, 0.2) is 24.3 Å². The fourth-order valence-electron chi connectivity index (χ4n) is 2.77. The number of hydrogen-bond acceptors (Lipinski definition) is 3. The molecule has 0 bridgehead atoms. The summed E-state index contributed by atoms with van der Waals surface area (Å²) in [7, 11) is 0. The van der Waals surface area contributed by atoms with E-state index in [1.807, 2.05) is 13.8 Å². The number of benzene rings is 1. The summed E-state index contributed by atoms with van der Waals surface area (Å²) in [4.78, 5) is 11.9. The Morgan fingerprint density at radius 3 is 2.62 bits per heavy atom. The molecule has 1 atom stereocenters. The summed E-state index contributed by atoms with van der Waals surface area (Å²) in [6.45, 7) is 5.36. The second-order valence-corrected chi connectivity index (χ2v) is 6.32. The van der Waals surface area contributed by atoms with Crippen LogP contribution in [-0.4, -0.2) is 31.5 Å². The minimum atomic E-state index is -4.41. The molecule has 1 amide bonds. The quantitative estimate of drug-likeness (QED) is 0.862. The van der Waals surface area contributed by atoms with E-state index in [1.54, 1.807) is 0 Å². The van der Waals surface area contributed by atoms with Crippen LogP contribution in [0.2, 0.25) is 0 Å². The van der Waals surface area contributed by atoms with Crippen LogP contribution in [0.1, 0.15) is 31.4 Å². The molecule has 24 heavy (non-hydrogen) atoms. The molecule has 1 aliphatic rings. The van der Waals surface area contributed by atoms with Crippen LogP contribution in [0.25, 0.3) is 0 Å². The van der Waals surface area contributed by atoms with Gasteiger partial charge in [0.1, 0.15) is 0 Å². The third kappa shape index (κ3) is 5.49. The Labute approximate surface area is 139 Å². The molecule has 0 unspecified atom stereocenters. The smallest absolute Gasteiger partial charge is 0.356 e. The summed E-state index contributed by atoms with van der Waals surface area (Å²) in [6.07, 6.45) is -3.85. The van der Waals surface area contributed by atoms with Crippen LogP contribution >= 0.6 is 0 Å². The average molecular weight is 345 g/mol. The molecule has 7 heteroatoms. The monoisotopic (exact) mass is 345 g/mol. The fraction of sp³-hybridized carbons (Fsp3) is 0.588. The number of ether oxygens (including phenoxy) is 2. The maximum atomic E-state index is 12.7. The lowest BCUT2D eigenvalue weighted by atomic mass is 10.0. The maximum absolute atomic E-state index is 12.7. The Balaban J connectivity index is 1.81. The van der Waals surface area contributed by atoms with E-state index < -0.39 is 17.5 Å². The molecule has 0 aliphatic carbocycles. The molecular formula is C17H22F3NO3. The summed E-state index contributed by atoms with van der Waals surface area (Å²) in [6, 6.07) is 4.82. The van der Waals surface area contributed by atoms with E-state index in [2.05, 4.69) is 5.32 Å². The van der Waals surface area contributed by atoms with Gasteiger partial charge in [-0.2, -0.15) is 13.2 Å². The minimum absolute atomic E-state index is 0.0824.